The van der Waals surface area contributed by atoms with Gasteiger partial charge in [0.25, 0.3) is 5.91 Å². The molecule has 2 aromatic rings. The van der Waals surface area contributed by atoms with Gasteiger partial charge in [-0.15, -0.1) is 0 Å². The standard InChI is InChI=1S/C18H23N3O2/c1-2-20-12-10-19-16(20)17(23)21-11-6-9-18(13-21,14-22)15-7-4-3-5-8-15/h3-5,7-8,10,12,22H,2,6,9,11,13-14H2,1H3. The lowest BCUT2D eigenvalue weighted by Crippen LogP contribution is -2.50. The first-order chi connectivity index (χ1) is 11.2. The van der Waals surface area contributed by atoms with Crippen molar-refractivity contribution in [3.63, 3.8) is 0 Å². The number of aliphatic hydroxyl groups excluding tert-OH is 1. The molecule has 122 valence electrons. The second-order valence-electron chi connectivity index (χ2n) is 6.17. The van der Waals surface area contributed by atoms with Gasteiger partial charge < -0.3 is 14.6 Å². The molecule has 0 radical (unpaired) electrons. The first-order valence-electron chi connectivity index (χ1n) is 8.17. The van der Waals surface area contributed by atoms with E-state index in [1.165, 1.54) is 0 Å². The maximum Gasteiger partial charge on any atom is 0.289 e. The van der Waals surface area contributed by atoms with Gasteiger partial charge in [-0.1, -0.05) is 30.3 Å². The van der Waals surface area contributed by atoms with Crippen LogP contribution in [-0.4, -0.2) is 45.2 Å². The fourth-order valence-corrected chi connectivity index (χ4v) is 3.46. The monoisotopic (exact) mass is 313 g/mol. The van der Waals surface area contributed by atoms with Crippen LogP contribution < -0.4 is 0 Å². The van der Waals surface area contributed by atoms with Gasteiger partial charge in [-0.25, -0.2) is 4.98 Å². The zero-order valence-corrected chi connectivity index (χ0v) is 13.5. The summed E-state index contributed by atoms with van der Waals surface area (Å²) in [5.41, 5.74) is 0.720. The number of hydrogen-bond donors (Lipinski definition) is 1. The number of piperidine rings is 1. The summed E-state index contributed by atoms with van der Waals surface area (Å²) >= 11 is 0. The Kier molecular flexibility index (Phi) is 4.48. The Morgan fingerprint density at radius 3 is 2.83 bits per heavy atom. The summed E-state index contributed by atoms with van der Waals surface area (Å²) in [7, 11) is 0. The highest BCUT2D eigenvalue weighted by atomic mass is 16.3. The topological polar surface area (TPSA) is 58.4 Å². The molecule has 3 rings (SSSR count). The lowest BCUT2D eigenvalue weighted by Gasteiger charge is -2.42. The number of amides is 1. The van der Waals surface area contributed by atoms with Crippen LogP contribution in [0.2, 0.25) is 0 Å². The van der Waals surface area contributed by atoms with Gasteiger partial charge in [-0.3, -0.25) is 4.79 Å². The van der Waals surface area contributed by atoms with Crippen molar-refractivity contribution in [3.8, 4) is 0 Å². The minimum absolute atomic E-state index is 0.0447. The van der Waals surface area contributed by atoms with E-state index in [0.29, 0.717) is 18.9 Å². The quantitative estimate of drug-likeness (QED) is 0.940. The highest BCUT2D eigenvalue weighted by molar-refractivity contribution is 5.91. The Labute approximate surface area is 136 Å². The number of aromatic nitrogens is 2. The van der Waals surface area contributed by atoms with Crippen molar-refractivity contribution in [1.29, 1.82) is 0 Å². The number of hydrogen-bond acceptors (Lipinski definition) is 3. The molecular formula is C18H23N3O2. The van der Waals surface area contributed by atoms with Crippen LogP contribution in [-0.2, 0) is 12.0 Å². The van der Waals surface area contributed by atoms with Crippen LogP contribution in [0.15, 0.2) is 42.7 Å². The van der Waals surface area contributed by atoms with Crippen molar-refractivity contribution < 1.29 is 9.90 Å². The lowest BCUT2D eigenvalue weighted by molar-refractivity contribution is 0.0528. The second kappa shape index (κ2) is 6.54. The molecule has 5 nitrogen and oxygen atoms in total. The van der Waals surface area contributed by atoms with E-state index in [0.717, 1.165) is 24.9 Å². The van der Waals surface area contributed by atoms with Gasteiger partial charge >= 0.3 is 0 Å². The predicted octanol–water partition coefficient (Wildman–Crippen LogP) is 2.07. The second-order valence-corrected chi connectivity index (χ2v) is 6.17. The number of imidazole rings is 1. The summed E-state index contributed by atoms with van der Waals surface area (Å²) in [5, 5.41) is 10.1. The molecule has 1 unspecified atom stereocenters. The molecule has 1 atom stereocenters. The van der Waals surface area contributed by atoms with Gasteiger partial charge in [0.15, 0.2) is 5.82 Å². The number of aryl methyl sites for hydroxylation is 1. The summed E-state index contributed by atoms with van der Waals surface area (Å²) in [6, 6.07) is 10.0. The largest absolute Gasteiger partial charge is 0.395 e. The van der Waals surface area contributed by atoms with Gasteiger partial charge in [0.2, 0.25) is 0 Å². The molecule has 0 saturated carbocycles. The van der Waals surface area contributed by atoms with Crippen molar-refractivity contribution in [2.24, 2.45) is 0 Å². The third-order valence-electron chi connectivity index (χ3n) is 4.80. The van der Waals surface area contributed by atoms with E-state index in [1.54, 1.807) is 6.20 Å². The van der Waals surface area contributed by atoms with Gasteiger partial charge in [0, 0.05) is 37.4 Å². The van der Waals surface area contributed by atoms with E-state index in [9.17, 15) is 9.90 Å². The Morgan fingerprint density at radius 1 is 1.35 bits per heavy atom. The van der Waals surface area contributed by atoms with Crippen molar-refractivity contribution >= 4 is 5.91 Å². The molecule has 1 aromatic heterocycles. The van der Waals surface area contributed by atoms with E-state index in [-0.39, 0.29) is 17.9 Å². The highest BCUT2D eigenvalue weighted by Gasteiger charge is 2.39. The number of carbonyl (C=O) groups is 1. The summed E-state index contributed by atoms with van der Waals surface area (Å²) in [6.45, 7) is 4.01. The first-order valence-corrected chi connectivity index (χ1v) is 8.17. The van der Waals surface area contributed by atoms with Crippen LogP contribution in [0.3, 0.4) is 0 Å². The molecule has 1 aliphatic heterocycles. The molecule has 1 N–H and O–H groups in total. The van der Waals surface area contributed by atoms with Crippen LogP contribution >= 0.6 is 0 Å². The van der Waals surface area contributed by atoms with Crippen molar-refractivity contribution in [3.05, 3.63) is 54.1 Å². The van der Waals surface area contributed by atoms with Gasteiger partial charge in [0.1, 0.15) is 0 Å². The SMILES string of the molecule is CCn1ccnc1C(=O)N1CCCC(CO)(c2ccccc2)C1. The Hall–Kier alpha value is -2.14. The fourth-order valence-electron chi connectivity index (χ4n) is 3.46. The van der Waals surface area contributed by atoms with Crippen LogP contribution in [0, 0.1) is 0 Å². The average molecular weight is 313 g/mol. The van der Waals surface area contributed by atoms with Crippen LogP contribution in [0.25, 0.3) is 0 Å². The molecule has 0 spiro atoms. The lowest BCUT2D eigenvalue weighted by atomic mass is 9.74. The Bertz CT molecular complexity index is 668. The number of nitrogens with zero attached hydrogens (tertiary/aromatic N) is 3. The number of carbonyl (C=O) groups excluding carboxylic acids is 1. The molecule has 1 aliphatic rings. The number of likely N-dealkylation sites (tertiary alicyclic amines) is 1. The fraction of sp³-hybridized carbons (Fsp3) is 0.444. The van der Waals surface area contributed by atoms with Crippen molar-refractivity contribution in [2.75, 3.05) is 19.7 Å². The molecule has 0 aliphatic carbocycles. The Balaban J connectivity index is 1.87. The van der Waals surface area contributed by atoms with Crippen molar-refractivity contribution in [1.82, 2.24) is 14.5 Å². The predicted molar refractivity (Wildman–Crippen MR) is 88.2 cm³/mol. The molecule has 0 bridgehead atoms. The number of aliphatic hydroxyl groups is 1. The van der Waals surface area contributed by atoms with E-state index < -0.39 is 0 Å². The third kappa shape index (κ3) is 2.88. The third-order valence-corrected chi connectivity index (χ3v) is 4.80. The molecule has 2 heterocycles. The minimum Gasteiger partial charge on any atom is -0.395 e. The highest BCUT2D eigenvalue weighted by Crippen LogP contribution is 2.34. The summed E-state index contributed by atoms with van der Waals surface area (Å²) in [4.78, 5) is 18.9. The van der Waals surface area contributed by atoms with Crippen LogP contribution in [0.5, 0.6) is 0 Å². The van der Waals surface area contributed by atoms with Crippen LogP contribution in [0.4, 0.5) is 0 Å². The molecule has 1 saturated heterocycles. The first kappa shape index (κ1) is 15.7. The van der Waals surface area contributed by atoms with Gasteiger partial charge in [-0.2, -0.15) is 0 Å². The minimum atomic E-state index is -0.376. The smallest absolute Gasteiger partial charge is 0.289 e. The number of benzene rings is 1. The summed E-state index contributed by atoms with van der Waals surface area (Å²) in [5.74, 6) is 0.430. The summed E-state index contributed by atoms with van der Waals surface area (Å²) in [6.07, 6.45) is 5.26. The molecule has 23 heavy (non-hydrogen) atoms. The van der Waals surface area contributed by atoms with Crippen molar-refractivity contribution in [2.45, 2.75) is 31.7 Å². The van der Waals surface area contributed by atoms with E-state index in [1.807, 2.05) is 52.9 Å². The molecular weight excluding hydrogens is 290 g/mol. The molecule has 5 heteroatoms. The van der Waals surface area contributed by atoms with E-state index >= 15 is 0 Å². The van der Waals surface area contributed by atoms with Crippen LogP contribution in [0.1, 0.15) is 35.9 Å². The van der Waals surface area contributed by atoms with Gasteiger partial charge in [0.05, 0.1) is 6.61 Å². The molecule has 1 amide bonds. The summed E-state index contributed by atoms with van der Waals surface area (Å²) < 4.78 is 1.86. The normalized spacial score (nSPS) is 21.4. The maximum absolute atomic E-state index is 12.8. The maximum atomic E-state index is 12.8. The van der Waals surface area contributed by atoms with E-state index in [4.69, 9.17) is 0 Å². The number of rotatable bonds is 4. The molecule has 1 aromatic carbocycles. The zero-order chi connectivity index (χ0) is 16.3. The van der Waals surface area contributed by atoms with E-state index in [2.05, 4.69) is 4.98 Å². The molecule has 1 fully saturated rings. The van der Waals surface area contributed by atoms with Gasteiger partial charge in [-0.05, 0) is 25.3 Å². The zero-order valence-electron chi connectivity index (χ0n) is 13.5. The average Bonchev–Trinajstić information content (AvgIpc) is 3.10. The Morgan fingerprint density at radius 2 is 2.13 bits per heavy atom.